The van der Waals surface area contributed by atoms with E-state index in [4.69, 9.17) is 0 Å². The molecule has 0 spiro atoms. The van der Waals surface area contributed by atoms with Crippen molar-refractivity contribution in [1.82, 2.24) is 5.01 Å². The van der Waals surface area contributed by atoms with Crippen LogP contribution in [0.15, 0.2) is 41.5 Å². The van der Waals surface area contributed by atoms with Gasteiger partial charge in [0.25, 0.3) is 17.5 Å². The van der Waals surface area contributed by atoms with Gasteiger partial charge in [-0.05, 0) is 42.4 Å². The molecular weight excluding hydrogens is 310 g/mol. The second-order valence-corrected chi connectivity index (χ2v) is 6.42. The summed E-state index contributed by atoms with van der Waals surface area (Å²) >= 11 is 0. The molecule has 24 heavy (non-hydrogen) atoms. The molecule has 4 aliphatic rings. The van der Waals surface area contributed by atoms with E-state index in [-0.39, 0.29) is 41.2 Å². The maximum absolute atomic E-state index is 12.6. The molecule has 0 unspecified atom stereocenters. The molecule has 2 bridgehead atoms. The van der Waals surface area contributed by atoms with Crippen molar-refractivity contribution in [2.75, 3.05) is 0 Å². The van der Waals surface area contributed by atoms with Crippen LogP contribution in [0, 0.1) is 33.8 Å². The van der Waals surface area contributed by atoms with Gasteiger partial charge in [-0.25, -0.2) is 0 Å². The number of carbonyl (C=O) groups is 2. The van der Waals surface area contributed by atoms with Crippen LogP contribution >= 0.6 is 0 Å². The summed E-state index contributed by atoms with van der Waals surface area (Å²) in [5.74, 6) is -0.762. The Labute approximate surface area is 137 Å². The Morgan fingerprint density at radius 3 is 2.04 bits per heavy atom. The summed E-state index contributed by atoms with van der Waals surface area (Å²) in [6, 6.07) is 5.79. The Hall–Kier alpha value is -2.83. The number of carbonyl (C=O) groups excluding carboxylic acids is 2. The largest absolute Gasteiger partial charge is 0.272 e. The number of hydrogen-bond acceptors (Lipinski definition) is 5. The molecule has 1 aromatic rings. The van der Waals surface area contributed by atoms with Crippen molar-refractivity contribution >= 4 is 23.7 Å². The Morgan fingerprint density at radius 2 is 1.58 bits per heavy atom. The molecule has 1 aromatic carbocycles. The fraction of sp³-hybridized carbons (Fsp3) is 0.353. The predicted octanol–water partition coefficient (Wildman–Crippen LogP) is 2.13. The first-order valence-corrected chi connectivity index (χ1v) is 7.91. The first-order chi connectivity index (χ1) is 11.6. The van der Waals surface area contributed by atoms with Crippen LogP contribution in [0.2, 0.25) is 0 Å². The Kier molecular flexibility index (Phi) is 3.30. The highest BCUT2D eigenvalue weighted by atomic mass is 16.6. The number of rotatable bonds is 3. The van der Waals surface area contributed by atoms with Gasteiger partial charge in [0.15, 0.2) is 0 Å². The quantitative estimate of drug-likeness (QED) is 0.280. The van der Waals surface area contributed by atoms with E-state index in [1.54, 1.807) is 0 Å². The molecule has 0 N–H and O–H groups in total. The van der Waals surface area contributed by atoms with Crippen LogP contribution in [-0.4, -0.2) is 28.0 Å². The van der Waals surface area contributed by atoms with Gasteiger partial charge in [0.2, 0.25) is 0 Å². The fourth-order valence-electron chi connectivity index (χ4n) is 3.98. The summed E-state index contributed by atoms with van der Waals surface area (Å²) in [6.07, 6.45) is 7.41. The molecule has 122 valence electrons. The lowest BCUT2D eigenvalue weighted by Gasteiger charge is -2.37. The molecule has 7 nitrogen and oxygen atoms in total. The van der Waals surface area contributed by atoms with Crippen LogP contribution in [0.4, 0.5) is 5.69 Å². The van der Waals surface area contributed by atoms with Crippen LogP contribution in [0.3, 0.4) is 0 Å². The van der Waals surface area contributed by atoms with Crippen molar-refractivity contribution in [3.8, 4) is 0 Å². The third-order valence-corrected chi connectivity index (χ3v) is 5.16. The molecule has 2 fully saturated rings. The van der Waals surface area contributed by atoms with E-state index in [0.717, 1.165) is 17.9 Å². The van der Waals surface area contributed by atoms with E-state index >= 15 is 0 Å². The van der Waals surface area contributed by atoms with Crippen molar-refractivity contribution in [2.24, 2.45) is 28.8 Å². The summed E-state index contributed by atoms with van der Waals surface area (Å²) in [5.41, 5.74) is 0.575. The summed E-state index contributed by atoms with van der Waals surface area (Å²) in [5, 5.41) is 15.7. The number of nitro benzene ring substituents is 1. The number of amides is 2. The fourth-order valence-corrected chi connectivity index (χ4v) is 3.98. The van der Waals surface area contributed by atoms with Gasteiger partial charge in [0.05, 0.1) is 23.0 Å². The summed E-state index contributed by atoms with van der Waals surface area (Å²) in [6.45, 7) is 0. The van der Waals surface area contributed by atoms with Crippen LogP contribution in [0.25, 0.3) is 0 Å². The minimum Gasteiger partial charge on any atom is -0.272 e. The molecule has 0 radical (unpaired) electrons. The molecule has 5 rings (SSSR count). The van der Waals surface area contributed by atoms with Gasteiger partial charge in [-0.2, -0.15) is 10.1 Å². The molecule has 1 heterocycles. The van der Waals surface area contributed by atoms with Gasteiger partial charge in [-0.1, -0.05) is 12.2 Å². The number of hydrogen-bond donors (Lipinski definition) is 0. The monoisotopic (exact) mass is 325 g/mol. The Balaban J connectivity index is 1.56. The highest BCUT2D eigenvalue weighted by Gasteiger charge is 2.56. The predicted molar refractivity (Wildman–Crippen MR) is 84.9 cm³/mol. The minimum absolute atomic E-state index is 0.0193. The average Bonchev–Trinajstić information content (AvgIpc) is 2.87. The third kappa shape index (κ3) is 2.16. The highest BCUT2D eigenvalue weighted by Crippen LogP contribution is 2.49. The van der Waals surface area contributed by atoms with Crippen molar-refractivity contribution in [2.45, 2.75) is 12.8 Å². The molecule has 3 aliphatic carbocycles. The van der Waals surface area contributed by atoms with Gasteiger partial charge in [0, 0.05) is 12.1 Å². The number of benzene rings is 1. The lowest BCUT2D eigenvalue weighted by Crippen LogP contribution is -2.38. The van der Waals surface area contributed by atoms with Gasteiger partial charge in [0.1, 0.15) is 0 Å². The Morgan fingerprint density at radius 1 is 1.04 bits per heavy atom. The normalized spacial score (nSPS) is 31.1. The van der Waals surface area contributed by atoms with Crippen LogP contribution in [-0.2, 0) is 9.59 Å². The summed E-state index contributed by atoms with van der Waals surface area (Å²) < 4.78 is 0. The van der Waals surface area contributed by atoms with Crippen molar-refractivity contribution in [3.05, 3.63) is 52.1 Å². The number of nitrogens with zero attached hydrogens (tertiary/aromatic N) is 3. The molecule has 1 saturated carbocycles. The van der Waals surface area contributed by atoms with E-state index < -0.39 is 4.92 Å². The number of nitro groups is 1. The zero-order chi connectivity index (χ0) is 16.8. The van der Waals surface area contributed by atoms with E-state index in [1.165, 1.54) is 30.5 Å². The number of hydrazone groups is 1. The van der Waals surface area contributed by atoms with Crippen molar-refractivity contribution in [3.63, 3.8) is 0 Å². The lowest BCUT2D eigenvalue weighted by atomic mass is 9.63. The molecule has 0 aromatic heterocycles. The SMILES string of the molecule is O=C1[C@@H]2[C@@H](C(=O)N1/N=C\c1ccc([N+](=O)[O-])cc1)[C@@H]1C=C[C@@H]2CC1. The van der Waals surface area contributed by atoms with E-state index in [2.05, 4.69) is 17.3 Å². The topological polar surface area (TPSA) is 92.9 Å². The van der Waals surface area contributed by atoms with E-state index in [1.807, 2.05) is 0 Å². The number of allylic oxidation sites excluding steroid dienone is 2. The Bertz CT molecular complexity index is 752. The average molecular weight is 325 g/mol. The lowest BCUT2D eigenvalue weighted by molar-refractivity contribution is -0.384. The first kappa shape index (κ1) is 14.7. The van der Waals surface area contributed by atoms with Gasteiger partial charge < -0.3 is 0 Å². The minimum atomic E-state index is -0.484. The zero-order valence-corrected chi connectivity index (χ0v) is 12.7. The second-order valence-electron chi connectivity index (χ2n) is 6.42. The molecular formula is C17H15N3O4. The van der Waals surface area contributed by atoms with Gasteiger partial charge in [-0.15, -0.1) is 0 Å². The zero-order valence-electron chi connectivity index (χ0n) is 12.7. The summed E-state index contributed by atoms with van der Waals surface area (Å²) in [7, 11) is 0. The number of fused-ring (bicyclic) bond motifs is 1. The van der Waals surface area contributed by atoms with Crippen molar-refractivity contribution in [1.29, 1.82) is 0 Å². The molecule has 1 saturated heterocycles. The van der Waals surface area contributed by atoms with E-state index in [9.17, 15) is 19.7 Å². The molecule has 2 amide bonds. The van der Waals surface area contributed by atoms with Crippen LogP contribution in [0.5, 0.6) is 0 Å². The maximum Gasteiger partial charge on any atom is 0.269 e. The summed E-state index contributed by atoms with van der Waals surface area (Å²) in [4.78, 5) is 35.3. The van der Waals surface area contributed by atoms with Crippen LogP contribution in [0.1, 0.15) is 18.4 Å². The molecule has 7 heteroatoms. The third-order valence-electron chi connectivity index (χ3n) is 5.16. The smallest absolute Gasteiger partial charge is 0.269 e. The molecule has 1 aliphatic heterocycles. The first-order valence-electron chi connectivity index (χ1n) is 7.91. The van der Waals surface area contributed by atoms with Gasteiger partial charge in [-0.3, -0.25) is 19.7 Å². The second kappa shape index (κ2) is 5.36. The van der Waals surface area contributed by atoms with Gasteiger partial charge >= 0.3 is 0 Å². The number of imide groups is 1. The van der Waals surface area contributed by atoms with Crippen molar-refractivity contribution < 1.29 is 14.5 Å². The maximum atomic E-state index is 12.6. The molecule has 4 atom stereocenters. The standard InChI is InChI=1S/C17H15N3O4/c21-16-14-11-3-4-12(6-5-11)15(14)17(22)19(16)18-9-10-1-7-13(8-2-10)20(23)24/h1-4,7-9,11-12,14-15H,5-6H2/b18-9-/t11-,12-,14+,15+/m1/s1. The highest BCUT2D eigenvalue weighted by molar-refractivity contribution is 6.06. The number of non-ortho nitro benzene ring substituents is 1. The van der Waals surface area contributed by atoms with Crippen LogP contribution < -0.4 is 0 Å². The van der Waals surface area contributed by atoms with E-state index in [0.29, 0.717) is 5.56 Å².